The minimum absolute atomic E-state index is 0.0839. The van der Waals surface area contributed by atoms with E-state index in [1.807, 2.05) is 0 Å². The molecular weight excluding hydrogens is 582 g/mol. The van der Waals surface area contributed by atoms with Crippen molar-refractivity contribution in [2.45, 2.75) is 75.1 Å². The van der Waals surface area contributed by atoms with Crippen molar-refractivity contribution in [1.82, 2.24) is 14.9 Å². The van der Waals surface area contributed by atoms with Crippen LogP contribution in [0, 0.1) is 11.6 Å². The van der Waals surface area contributed by atoms with E-state index >= 15 is 4.39 Å². The first-order chi connectivity index (χ1) is 20.6. The second kappa shape index (κ2) is 13.7. The average Bonchev–Trinajstić information content (AvgIpc) is 3.09. The van der Waals surface area contributed by atoms with E-state index in [0.717, 1.165) is 19.3 Å². The number of fused-ring (bicyclic) bond motifs is 2. The molecule has 2 amide bonds. The summed E-state index contributed by atoms with van der Waals surface area (Å²) in [5, 5.41) is 18.1. The van der Waals surface area contributed by atoms with Gasteiger partial charge in [0.1, 0.15) is 17.7 Å². The lowest BCUT2D eigenvalue weighted by atomic mass is 9.82. The van der Waals surface area contributed by atoms with Crippen molar-refractivity contribution in [3.8, 4) is 0 Å². The van der Waals surface area contributed by atoms with Crippen molar-refractivity contribution in [1.29, 1.82) is 0 Å². The number of halogens is 2. The van der Waals surface area contributed by atoms with Crippen molar-refractivity contribution in [2.24, 2.45) is 0 Å². The summed E-state index contributed by atoms with van der Waals surface area (Å²) in [6.07, 6.45) is 2.14. The van der Waals surface area contributed by atoms with Gasteiger partial charge in [0.15, 0.2) is 0 Å². The molecule has 2 bridgehead atoms. The summed E-state index contributed by atoms with van der Waals surface area (Å²) in [6, 6.07) is 8.17. The van der Waals surface area contributed by atoms with Gasteiger partial charge in [-0.25, -0.2) is 22.0 Å². The first-order valence-corrected chi connectivity index (χ1v) is 16.4. The summed E-state index contributed by atoms with van der Waals surface area (Å²) in [5.74, 6) is -2.44. The molecule has 10 nitrogen and oxygen atoms in total. The predicted octanol–water partition coefficient (Wildman–Crippen LogP) is 3.59. The van der Waals surface area contributed by atoms with E-state index in [1.165, 1.54) is 46.8 Å². The number of sulfonamides is 1. The van der Waals surface area contributed by atoms with Crippen LogP contribution in [0.5, 0.6) is 0 Å². The maximum atomic E-state index is 15.2. The van der Waals surface area contributed by atoms with Crippen molar-refractivity contribution in [3.63, 3.8) is 0 Å². The molecule has 3 heterocycles. The highest BCUT2D eigenvalue weighted by Gasteiger charge is 2.40. The van der Waals surface area contributed by atoms with Gasteiger partial charge in [-0.15, -0.1) is 0 Å². The van der Waals surface area contributed by atoms with Crippen LogP contribution in [0.15, 0.2) is 42.5 Å². The van der Waals surface area contributed by atoms with Crippen molar-refractivity contribution in [2.75, 3.05) is 30.8 Å². The van der Waals surface area contributed by atoms with E-state index in [2.05, 4.69) is 16.0 Å². The summed E-state index contributed by atoms with van der Waals surface area (Å²) < 4.78 is 62.3. The minimum atomic E-state index is -3.43. The van der Waals surface area contributed by atoms with Crippen molar-refractivity contribution >= 4 is 27.7 Å². The summed E-state index contributed by atoms with van der Waals surface area (Å²) in [7, 11) is -3.43. The molecule has 3 aliphatic rings. The van der Waals surface area contributed by atoms with Gasteiger partial charge in [-0.3, -0.25) is 4.79 Å². The van der Waals surface area contributed by atoms with E-state index in [1.54, 1.807) is 0 Å². The number of anilines is 1. The Balaban J connectivity index is 1.39. The highest BCUT2D eigenvalue weighted by atomic mass is 32.2. The van der Waals surface area contributed by atoms with Crippen LogP contribution < -0.4 is 16.0 Å². The fourth-order valence-electron chi connectivity index (χ4n) is 6.50. The molecule has 2 unspecified atom stereocenters. The number of rotatable bonds is 9. The number of ether oxygens (including phenoxy) is 1. The van der Waals surface area contributed by atoms with Crippen LogP contribution in [0.3, 0.4) is 0 Å². The van der Waals surface area contributed by atoms with E-state index in [0.29, 0.717) is 44.5 Å². The zero-order valence-electron chi connectivity index (χ0n) is 23.8. The van der Waals surface area contributed by atoms with Crippen LogP contribution in [-0.4, -0.2) is 79.5 Å². The van der Waals surface area contributed by atoms with Gasteiger partial charge < -0.3 is 25.8 Å². The largest absolute Gasteiger partial charge is 0.465 e. The van der Waals surface area contributed by atoms with Crippen molar-refractivity contribution in [3.05, 3.63) is 65.2 Å². The number of carbonyl (C=O) groups is 2. The minimum Gasteiger partial charge on any atom is -0.465 e. The quantitative estimate of drug-likeness (QED) is 0.336. The summed E-state index contributed by atoms with van der Waals surface area (Å²) >= 11 is 0. The van der Waals surface area contributed by atoms with Crippen molar-refractivity contribution < 1.29 is 36.6 Å². The number of nitrogens with one attached hydrogen (secondary N) is 3. The molecule has 0 saturated carbocycles. The first kappa shape index (κ1) is 31.3. The monoisotopic (exact) mass is 620 g/mol. The van der Waals surface area contributed by atoms with Crippen LogP contribution in [-0.2, 0) is 26.0 Å². The van der Waals surface area contributed by atoms with Crippen LogP contribution in [0.4, 0.5) is 19.3 Å². The molecule has 2 aromatic carbocycles. The molecular formula is C30H38F2N4O6S. The Morgan fingerprint density at radius 3 is 2.60 bits per heavy atom. The van der Waals surface area contributed by atoms with Gasteiger partial charge >= 0.3 is 6.09 Å². The van der Waals surface area contributed by atoms with Gasteiger partial charge in [0.25, 0.3) is 0 Å². The molecule has 0 radical (unpaired) electrons. The highest BCUT2D eigenvalue weighted by molar-refractivity contribution is 7.89. The lowest BCUT2D eigenvalue weighted by Crippen LogP contribution is -2.57. The van der Waals surface area contributed by atoms with E-state index in [4.69, 9.17) is 4.74 Å². The lowest BCUT2D eigenvalue weighted by molar-refractivity contribution is -0.120. The fourth-order valence-corrected chi connectivity index (χ4v) is 8.31. The molecule has 3 saturated heterocycles. The average molecular weight is 621 g/mol. The van der Waals surface area contributed by atoms with Gasteiger partial charge in [-0.2, -0.15) is 4.31 Å². The van der Waals surface area contributed by atoms with E-state index in [9.17, 15) is 27.5 Å². The molecule has 0 spiro atoms. The topological polar surface area (TPSA) is 137 Å². The van der Waals surface area contributed by atoms with E-state index in [-0.39, 0.29) is 35.5 Å². The lowest BCUT2D eigenvalue weighted by Gasteiger charge is -2.37. The molecule has 3 fully saturated rings. The molecule has 234 valence electrons. The van der Waals surface area contributed by atoms with Crippen LogP contribution >= 0.6 is 0 Å². The zero-order chi connectivity index (χ0) is 30.6. The molecule has 2 aromatic rings. The Morgan fingerprint density at radius 2 is 1.88 bits per heavy atom. The van der Waals surface area contributed by atoms with Crippen LogP contribution in [0.25, 0.3) is 0 Å². The van der Waals surface area contributed by atoms with Gasteiger partial charge in [-0.1, -0.05) is 18.2 Å². The highest BCUT2D eigenvalue weighted by Crippen LogP contribution is 2.33. The normalized spacial score (nSPS) is 26.5. The third-order valence-corrected chi connectivity index (χ3v) is 10.6. The van der Waals surface area contributed by atoms with Gasteiger partial charge in [0.2, 0.25) is 15.9 Å². The Hall–Kier alpha value is -3.13. The third-order valence-electron chi connectivity index (χ3n) is 8.66. The number of carboxylic acid groups (broad SMARTS) is 1. The maximum absolute atomic E-state index is 15.2. The second-order valence-corrected chi connectivity index (χ2v) is 13.5. The summed E-state index contributed by atoms with van der Waals surface area (Å²) in [5.41, 5.74) is 0.903. The fraction of sp³-hybridized carbons (Fsp3) is 0.533. The summed E-state index contributed by atoms with van der Waals surface area (Å²) in [4.78, 5) is 25.7. The van der Waals surface area contributed by atoms with E-state index < -0.39 is 51.7 Å². The third kappa shape index (κ3) is 7.51. The maximum Gasteiger partial charge on any atom is 0.405 e. The first-order valence-electron chi connectivity index (χ1n) is 14.8. The van der Waals surface area contributed by atoms with Gasteiger partial charge in [0, 0.05) is 48.9 Å². The predicted molar refractivity (Wildman–Crippen MR) is 156 cm³/mol. The number of amides is 2. The number of carbonyl (C=O) groups excluding carboxylic acids is 1. The number of nitrogens with zero attached hydrogens (tertiary/aromatic N) is 1. The second-order valence-electron chi connectivity index (χ2n) is 11.5. The Morgan fingerprint density at radius 1 is 1.09 bits per heavy atom. The SMILES string of the molecule is O=C(O)N[C@H](C(=O)Nc1cccc(F)c1CC[C@H]1CN[C@@H]2CCCS(=O)(=O)N1C2)[C@@H](c1ccc(F)cc1)C1CCCCO1. The molecule has 3 aliphatic heterocycles. The molecule has 4 N–H and O–H groups in total. The Labute approximate surface area is 250 Å². The molecule has 0 aliphatic carbocycles. The zero-order valence-corrected chi connectivity index (χ0v) is 24.6. The number of hydrogen-bond acceptors (Lipinski definition) is 6. The number of piperazine rings is 1. The standard InChI is InChI=1S/C30H38F2N4O6S/c31-20-11-9-19(10-12-20)27(26-8-1-2-15-42-26)28(35-30(38)39)29(37)34-25-7-3-6-24(32)23(25)14-13-22-17-33-21-5-4-16-43(40,41)36(22)18-21/h3,6-7,9-12,21-22,26-28,33,35H,1-2,4-5,8,13-18H2,(H,34,37)(H,38,39)/t21-,22+,26?,27+,28+/m1/s1. The summed E-state index contributed by atoms with van der Waals surface area (Å²) in [6.45, 7) is 1.27. The van der Waals surface area contributed by atoms with Crippen LogP contribution in [0.2, 0.25) is 0 Å². The molecule has 43 heavy (non-hydrogen) atoms. The molecule has 6 atom stereocenters. The Kier molecular flexibility index (Phi) is 9.95. The molecule has 5 rings (SSSR count). The number of benzene rings is 2. The molecule has 13 heteroatoms. The van der Waals surface area contributed by atoms with Gasteiger partial charge in [0.05, 0.1) is 11.9 Å². The van der Waals surface area contributed by atoms with Gasteiger partial charge in [-0.05, 0) is 74.8 Å². The Bertz CT molecular complexity index is 1400. The number of hydrogen-bond donors (Lipinski definition) is 4. The smallest absolute Gasteiger partial charge is 0.405 e. The molecule has 0 aromatic heterocycles. The van der Waals surface area contributed by atoms with Crippen LogP contribution in [0.1, 0.15) is 55.6 Å².